The van der Waals surface area contributed by atoms with Gasteiger partial charge in [-0.05, 0) is 75.5 Å². The maximum Gasteiger partial charge on any atom is 0.270 e. The van der Waals surface area contributed by atoms with Crippen molar-refractivity contribution >= 4 is 17.6 Å². The normalized spacial score (nSPS) is 15.8. The molecule has 0 radical (unpaired) electrons. The van der Waals surface area contributed by atoms with Crippen molar-refractivity contribution in [2.45, 2.75) is 58.5 Å². The van der Waals surface area contributed by atoms with Gasteiger partial charge < -0.3 is 20.6 Å². The number of rotatable bonds is 11. The summed E-state index contributed by atoms with van der Waals surface area (Å²) >= 11 is 0. The number of carbonyl (C=O) groups is 2. The molecule has 2 fully saturated rings. The summed E-state index contributed by atoms with van der Waals surface area (Å²) in [5.74, 6) is -1.25. The van der Waals surface area contributed by atoms with E-state index in [2.05, 4.69) is 20.7 Å². The lowest BCUT2D eigenvalue weighted by atomic mass is 9.88. The zero-order chi connectivity index (χ0) is 28.6. The number of anilines is 1. The second-order valence-electron chi connectivity index (χ2n) is 10.7. The van der Waals surface area contributed by atoms with Crippen molar-refractivity contribution in [3.8, 4) is 16.9 Å². The zero-order valence-corrected chi connectivity index (χ0v) is 22.6. The summed E-state index contributed by atoms with van der Waals surface area (Å²) in [7, 11) is 0. The van der Waals surface area contributed by atoms with Gasteiger partial charge in [-0.1, -0.05) is 0 Å². The summed E-state index contributed by atoms with van der Waals surface area (Å²) in [6.45, 7) is 4.17. The van der Waals surface area contributed by atoms with Gasteiger partial charge in [0.1, 0.15) is 17.6 Å². The minimum atomic E-state index is -1.14. The highest BCUT2D eigenvalue weighted by atomic mass is 19.1. The second-order valence-corrected chi connectivity index (χ2v) is 10.7. The van der Waals surface area contributed by atoms with Gasteiger partial charge in [-0.2, -0.15) is 14.2 Å². The standard InChI is InChI=1S/C28H32F2N6O4/c1-15(2)36-22(10-11-31-36)27(37)34-25(24(17-4-5-17)18-6-7-18)28(38)33-23-9-8-20(26(30)32-23)21-12-19(40-14-29)13-35(39)16(21)3/h8-13,15,17-18,24-25H,4-7,14H2,1-3H3,(H,34,37)(H,32,33,38)/t25-/m0/s1. The Bertz CT molecular complexity index is 1410. The first kappa shape index (κ1) is 27.5. The number of nitrogens with one attached hydrogen (secondary N) is 2. The van der Waals surface area contributed by atoms with Crippen LogP contribution in [0.2, 0.25) is 0 Å². The number of pyridine rings is 2. The molecule has 3 heterocycles. The third-order valence-corrected chi connectivity index (χ3v) is 7.54. The predicted octanol–water partition coefficient (Wildman–Crippen LogP) is 4.09. The van der Waals surface area contributed by atoms with E-state index in [-0.39, 0.29) is 40.3 Å². The van der Waals surface area contributed by atoms with Gasteiger partial charge in [0.15, 0.2) is 11.4 Å². The van der Waals surface area contributed by atoms with Gasteiger partial charge in [0.25, 0.3) is 5.91 Å². The lowest BCUT2D eigenvalue weighted by molar-refractivity contribution is -0.612. The molecular formula is C28H32F2N6O4. The quantitative estimate of drug-likeness (QED) is 0.209. The summed E-state index contributed by atoms with van der Waals surface area (Å²) in [5, 5.41) is 22.1. The molecule has 1 atom stereocenters. The van der Waals surface area contributed by atoms with E-state index < -0.39 is 30.7 Å². The first-order valence-corrected chi connectivity index (χ1v) is 13.4. The van der Waals surface area contributed by atoms with Crippen LogP contribution in [0.4, 0.5) is 14.6 Å². The Balaban J connectivity index is 1.39. The molecule has 12 heteroatoms. The summed E-state index contributed by atoms with van der Waals surface area (Å²) in [5.41, 5.74) is 0.698. The third-order valence-electron chi connectivity index (χ3n) is 7.54. The molecular weight excluding hydrogens is 522 g/mol. The third kappa shape index (κ3) is 5.75. The minimum Gasteiger partial charge on any atom is -0.618 e. The molecule has 2 N–H and O–H groups in total. The molecule has 3 aromatic heterocycles. The highest BCUT2D eigenvalue weighted by Crippen LogP contribution is 2.51. The Morgan fingerprint density at radius 1 is 1.18 bits per heavy atom. The number of aromatic nitrogens is 4. The number of hydrogen-bond donors (Lipinski definition) is 2. The first-order valence-electron chi connectivity index (χ1n) is 13.4. The molecule has 2 aliphatic rings. The van der Waals surface area contributed by atoms with E-state index in [9.17, 15) is 19.2 Å². The van der Waals surface area contributed by atoms with Crippen LogP contribution in [0.15, 0.2) is 36.7 Å². The van der Waals surface area contributed by atoms with Crippen LogP contribution in [0.5, 0.6) is 5.75 Å². The lowest BCUT2D eigenvalue weighted by Crippen LogP contribution is -2.50. The SMILES string of the molecule is Cc1c(-c2ccc(NC(=O)[C@@H](NC(=O)c3ccnn3C(C)C)C(C3CC3)C3CC3)nc2F)cc(OCF)c[n+]1[O-]. The van der Waals surface area contributed by atoms with Crippen molar-refractivity contribution in [1.82, 2.24) is 20.1 Å². The van der Waals surface area contributed by atoms with Crippen LogP contribution in [-0.4, -0.2) is 39.5 Å². The van der Waals surface area contributed by atoms with E-state index in [1.807, 2.05) is 13.8 Å². The summed E-state index contributed by atoms with van der Waals surface area (Å²) in [6.07, 6.45) is 6.59. The van der Waals surface area contributed by atoms with Crippen molar-refractivity contribution in [1.29, 1.82) is 0 Å². The van der Waals surface area contributed by atoms with Crippen LogP contribution >= 0.6 is 0 Å². The number of carbonyl (C=O) groups excluding carboxylic acids is 2. The molecule has 0 spiro atoms. The van der Waals surface area contributed by atoms with Crippen LogP contribution in [-0.2, 0) is 4.79 Å². The molecule has 3 aromatic rings. The minimum absolute atomic E-state index is 0.00922. The number of nitrogens with zero attached hydrogens (tertiary/aromatic N) is 4. The van der Waals surface area contributed by atoms with E-state index >= 15 is 4.39 Å². The van der Waals surface area contributed by atoms with Crippen LogP contribution in [0.25, 0.3) is 11.1 Å². The maximum atomic E-state index is 15.2. The average molecular weight is 555 g/mol. The van der Waals surface area contributed by atoms with Crippen LogP contribution in [0, 0.1) is 35.8 Å². The molecule has 0 aliphatic heterocycles. The fourth-order valence-corrected chi connectivity index (χ4v) is 5.29. The molecule has 0 bridgehead atoms. The van der Waals surface area contributed by atoms with E-state index in [1.165, 1.54) is 25.1 Å². The molecule has 10 nitrogen and oxygen atoms in total. The van der Waals surface area contributed by atoms with Gasteiger partial charge in [-0.3, -0.25) is 14.3 Å². The molecule has 0 aromatic carbocycles. The van der Waals surface area contributed by atoms with Gasteiger partial charge >= 0.3 is 0 Å². The highest BCUT2D eigenvalue weighted by molar-refractivity contribution is 6.00. The summed E-state index contributed by atoms with van der Waals surface area (Å²) < 4.78 is 34.7. The smallest absolute Gasteiger partial charge is 0.270 e. The Morgan fingerprint density at radius 2 is 1.88 bits per heavy atom. The van der Waals surface area contributed by atoms with Crippen molar-refractivity contribution in [2.24, 2.45) is 17.8 Å². The molecule has 0 saturated heterocycles. The van der Waals surface area contributed by atoms with Gasteiger partial charge in [0.2, 0.25) is 24.9 Å². The van der Waals surface area contributed by atoms with Crippen LogP contribution in [0.1, 0.15) is 61.8 Å². The van der Waals surface area contributed by atoms with E-state index in [4.69, 9.17) is 4.74 Å². The highest BCUT2D eigenvalue weighted by Gasteiger charge is 2.48. The van der Waals surface area contributed by atoms with Crippen molar-refractivity contribution in [3.05, 3.63) is 59.2 Å². The Morgan fingerprint density at radius 3 is 2.48 bits per heavy atom. The Labute approximate surface area is 230 Å². The molecule has 0 unspecified atom stereocenters. The van der Waals surface area contributed by atoms with Gasteiger partial charge in [0.05, 0.1) is 5.56 Å². The molecule has 2 amide bonds. The molecule has 212 valence electrons. The van der Waals surface area contributed by atoms with Crippen LogP contribution in [0.3, 0.4) is 0 Å². The summed E-state index contributed by atoms with van der Waals surface area (Å²) in [4.78, 5) is 30.8. The van der Waals surface area contributed by atoms with Crippen LogP contribution < -0.4 is 20.1 Å². The number of alkyl halides is 1. The largest absolute Gasteiger partial charge is 0.618 e. The van der Waals surface area contributed by atoms with Gasteiger partial charge in [0, 0.05) is 30.8 Å². The summed E-state index contributed by atoms with van der Waals surface area (Å²) in [6, 6.07) is 4.90. The van der Waals surface area contributed by atoms with E-state index in [0.29, 0.717) is 22.3 Å². The molecule has 2 saturated carbocycles. The van der Waals surface area contributed by atoms with Crippen molar-refractivity contribution in [2.75, 3.05) is 12.2 Å². The fourth-order valence-electron chi connectivity index (χ4n) is 5.29. The number of hydrogen-bond acceptors (Lipinski definition) is 6. The number of amides is 2. The second kappa shape index (κ2) is 11.2. The van der Waals surface area contributed by atoms with E-state index in [0.717, 1.165) is 31.9 Å². The lowest BCUT2D eigenvalue weighted by Gasteiger charge is -2.27. The average Bonchev–Trinajstić information content (AvgIpc) is 3.85. The fraction of sp³-hybridized carbons (Fsp3) is 0.464. The monoisotopic (exact) mass is 554 g/mol. The van der Waals surface area contributed by atoms with Crippen molar-refractivity contribution < 1.29 is 27.8 Å². The predicted molar refractivity (Wildman–Crippen MR) is 141 cm³/mol. The Kier molecular flexibility index (Phi) is 7.68. The molecule has 5 rings (SSSR count). The topological polar surface area (TPSA) is 125 Å². The van der Waals surface area contributed by atoms with E-state index in [1.54, 1.807) is 16.9 Å². The zero-order valence-electron chi connectivity index (χ0n) is 22.6. The Hall–Kier alpha value is -4.09. The van der Waals surface area contributed by atoms with Crippen molar-refractivity contribution in [3.63, 3.8) is 0 Å². The van der Waals surface area contributed by atoms with Gasteiger partial charge in [-0.15, -0.1) is 0 Å². The maximum absolute atomic E-state index is 15.2. The number of ether oxygens (including phenoxy) is 1. The molecule has 40 heavy (non-hydrogen) atoms. The first-order chi connectivity index (χ1) is 19.2. The van der Waals surface area contributed by atoms with Gasteiger partial charge in [-0.25, -0.2) is 9.37 Å². The molecule has 2 aliphatic carbocycles. The number of halogens is 2.